The van der Waals surface area contributed by atoms with E-state index in [-0.39, 0.29) is 69.9 Å². The van der Waals surface area contributed by atoms with E-state index in [1.807, 2.05) is 12.1 Å². The molecule has 5 fully saturated rings. The highest BCUT2D eigenvalue weighted by atomic mass is 32.2. The largest absolute Gasteiger partial charge is 0.489 e. The zero-order valence-electron chi connectivity index (χ0n) is 41.8. The number of nitro benzene ring substituents is 1. The summed E-state index contributed by atoms with van der Waals surface area (Å²) in [6, 6.07) is 20.9. The minimum Gasteiger partial charge on any atom is -0.489 e. The SMILES string of the molecule is CC(C)c1ccccc1[C@H]1CCCN1C1CC2(CCN(c3ccc(C(=O)NS(=O)(=O)c4cc5c(c([N+](=O)[O-])c4)N[C@@H](C4CCC(C)(C)CC4)CO5)c(Oc4cc5cc[nH]c5nc4O[C@H]4CCOC4)c3)CC2)C1. The first kappa shape index (κ1) is 48.4. The van der Waals surface area contributed by atoms with E-state index in [1.54, 1.807) is 24.4 Å². The number of nitrogens with zero attached hydrogens (tertiary/aromatic N) is 4. The van der Waals surface area contributed by atoms with Crippen molar-refractivity contribution < 1.29 is 37.1 Å². The van der Waals surface area contributed by atoms with Gasteiger partial charge in [-0.05, 0) is 129 Å². The van der Waals surface area contributed by atoms with Gasteiger partial charge in [-0.2, -0.15) is 4.98 Å². The van der Waals surface area contributed by atoms with Crippen molar-refractivity contribution in [2.24, 2.45) is 16.7 Å². The van der Waals surface area contributed by atoms with Crippen LogP contribution in [0.2, 0.25) is 0 Å². The highest BCUT2D eigenvalue weighted by molar-refractivity contribution is 7.90. The van der Waals surface area contributed by atoms with Crippen LogP contribution in [0.3, 0.4) is 0 Å². The predicted molar refractivity (Wildman–Crippen MR) is 275 cm³/mol. The van der Waals surface area contributed by atoms with E-state index in [0.717, 1.165) is 75.3 Å². The number of rotatable bonds is 13. The maximum absolute atomic E-state index is 14.4. The third-order valence-corrected chi connectivity index (χ3v) is 18.1. The van der Waals surface area contributed by atoms with Crippen LogP contribution in [0.15, 0.2) is 77.8 Å². The van der Waals surface area contributed by atoms with Gasteiger partial charge < -0.3 is 34.1 Å². The molecule has 11 rings (SSSR count). The smallest absolute Gasteiger partial charge is 0.297 e. The summed E-state index contributed by atoms with van der Waals surface area (Å²) >= 11 is 0. The third-order valence-electron chi connectivity index (χ3n) is 16.8. The summed E-state index contributed by atoms with van der Waals surface area (Å²) in [4.78, 5) is 38.8. The van der Waals surface area contributed by atoms with Gasteiger partial charge in [0.25, 0.3) is 27.5 Å². The molecule has 3 aromatic carbocycles. The fourth-order valence-corrected chi connectivity index (χ4v) is 13.5. The zero-order chi connectivity index (χ0) is 49.9. The van der Waals surface area contributed by atoms with Crippen LogP contribution in [0.1, 0.15) is 132 Å². The van der Waals surface area contributed by atoms with E-state index < -0.39 is 31.4 Å². The quantitative estimate of drug-likeness (QED) is 0.0747. The van der Waals surface area contributed by atoms with E-state index in [9.17, 15) is 23.3 Å². The summed E-state index contributed by atoms with van der Waals surface area (Å²) < 4.78 is 55.3. The number of piperidine rings is 1. The number of aromatic amines is 1. The van der Waals surface area contributed by atoms with Crippen LogP contribution < -0.4 is 29.1 Å². The Kier molecular flexibility index (Phi) is 12.9. The van der Waals surface area contributed by atoms with E-state index in [2.05, 4.69) is 76.8 Å². The van der Waals surface area contributed by atoms with Crippen molar-refractivity contribution in [3.63, 3.8) is 0 Å². The fraction of sp³-hybridized carbons (Fsp3) is 0.527. The first-order valence-electron chi connectivity index (χ1n) is 26.0. The molecule has 3 N–H and O–H groups in total. The number of sulfonamides is 1. The summed E-state index contributed by atoms with van der Waals surface area (Å²) in [6.07, 6.45) is 13.0. The molecular weight excluding hydrogens is 935 g/mol. The zero-order valence-corrected chi connectivity index (χ0v) is 42.6. The number of pyridine rings is 1. The number of fused-ring (bicyclic) bond motifs is 2. The number of ether oxygens (including phenoxy) is 4. The molecular formula is C55H67N7O9S. The van der Waals surface area contributed by atoms with E-state index in [0.29, 0.717) is 43.3 Å². The molecule has 2 saturated carbocycles. The molecule has 5 aromatic rings. The molecule has 1 amide bonds. The highest BCUT2D eigenvalue weighted by Crippen LogP contribution is 2.55. The topological polar surface area (TPSA) is 190 Å². The van der Waals surface area contributed by atoms with Gasteiger partial charge in [-0.1, -0.05) is 52.0 Å². The molecule has 3 saturated heterocycles. The Hall–Kier alpha value is -5.91. The molecule has 0 bridgehead atoms. The number of hydrogen-bond acceptors (Lipinski definition) is 13. The molecule has 3 atom stereocenters. The fourth-order valence-electron chi connectivity index (χ4n) is 12.5. The van der Waals surface area contributed by atoms with Crippen molar-refractivity contribution in [1.82, 2.24) is 19.6 Å². The van der Waals surface area contributed by atoms with Gasteiger partial charge in [0, 0.05) is 67.1 Å². The first-order valence-corrected chi connectivity index (χ1v) is 27.5. The summed E-state index contributed by atoms with van der Waals surface area (Å²) in [7, 11) is -4.69. The Morgan fingerprint density at radius 2 is 1.74 bits per heavy atom. The highest BCUT2D eigenvalue weighted by Gasteiger charge is 2.50. The molecule has 382 valence electrons. The molecule has 0 radical (unpaired) electrons. The van der Waals surface area contributed by atoms with Crippen LogP contribution in [-0.4, -0.2) is 91.8 Å². The minimum atomic E-state index is -4.69. The van der Waals surface area contributed by atoms with Gasteiger partial charge >= 0.3 is 0 Å². The number of benzene rings is 3. The number of aromatic nitrogens is 2. The van der Waals surface area contributed by atoms with Gasteiger partial charge in [-0.15, -0.1) is 0 Å². The molecule has 6 heterocycles. The van der Waals surface area contributed by atoms with Crippen LogP contribution in [0.25, 0.3) is 11.0 Å². The Labute approximate surface area is 421 Å². The van der Waals surface area contributed by atoms with Crippen molar-refractivity contribution in [3.8, 4) is 23.1 Å². The average Bonchev–Trinajstić information content (AvgIpc) is 4.16. The van der Waals surface area contributed by atoms with Crippen molar-refractivity contribution in [2.75, 3.05) is 49.7 Å². The number of hydrogen-bond donors (Lipinski definition) is 3. The number of amides is 1. The lowest BCUT2D eigenvalue weighted by molar-refractivity contribution is -0.384. The van der Waals surface area contributed by atoms with Crippen molar-refractivity contribution >= 4 is 44.0 Å². The number of nitro groups is 1. The van der Waals surface area contributed by atoms with Crippen LogP contribution in [0.4, 0.5) is 17.1 Å². The van der Waals surface area contributed by atoms with Crippen LogP contribution >= 0.6 is 0 Å². The first-order chi connectivity index (χ1) is 34.6. The monoisotopic (exact) mass is 1000 g/mol. The standard InChI is InChI=1S/C55H67N7O9S/c1-34(2)41-8-5-6-9-42(41)45-10-7-22-61(45)38-30-55(31-38)19-23-60(24-20-55)37-11-12-43(47(27-37)71-49-26-36-15-21-56-51(36)58-53(49)70-39-16-25-68-32-39)52(63)59-72(66,67)40-28-46(62(64)65)50-48(29-40)69-33-44(57-50)35-13-17-54(3,4)18-14-35/h5-6,8-9,11-12,15,21,26-29,34-35,38-39,44-45,57H,7,10,13-14,16-20,22-25,30-33H2,1-4H3,(H,56,58)(H,59,63)/t39-,44+,45+/m0/s1. The number of anilines is 2. The number of H-pyrrole nitrogens is 1. The summed E-state index contributed by atoms with van der Waals surface area (Å²) in [6.45, 7) is 13.0. The van der Waals surface area contributed by atoms with E-state index in [1.165, 1.54) is 42.9 Å². The second-order valence-corrected chi connectivity index (χ2v) is 24.1. The van der Waals surface area contributed by atoms with Gasteiger partial charge in [0.15, 0.2) is 17.2 Å². The second-order valence-electron chi connectivity index (χ2n) is 22.4. The lowest BCUT2D eigenvalue weighted by Crippen LogP contribution is -2.54. The molecule has 17 heteroatoms. The van der Waals surface area contributed by atoms with Gasteiger partial charge in [0.05, 0.1) is 34.6 Å². The van der Waals surface area contributed by atoms with Gasteiger partial charge in [-0.25, -0.2) is 13.1 Å². The number of carbonyl (C=O) groups is 1. The maximum Gasteiger partial charge on any atom is 0.297 e. The minimum absolute atomic E-state index is 0.0408. The molecule has 6 aliphatic rings. The molecule has 2 aromatic heterocycles. The molecule has 2 aliphatic carbocycles. The van der Waals surface area contributed by atoms with Gasteiger partial charge in [-0.3, -0.25) is 19.8 Å². The molecule has 16 nitrogen and oxygen atoms in total. The Morgan fingerprint density at radius 3 is 2.49 bits per heavy atom. The summed E-state index contributed by atoms with van der Waals surface area (Å²) in [5, 5.41) is 16.6. The molecule has 0 unspecified atom stereocenters. The normalized spacial score (nSPS) is 23.3. The number of likely N-dealkylation sites (tertiary alicyclic amines) is 1. The summed E-state index contributed by atoms with van der Waals surface area (Å²) in [5.74, 6) is 0.329. The average molecular weight is 1000 g/mol. The maximum atomic E-state index is 14.4. The van der Waals surface area contributed by atoms with Crippen molar-refractivity contribution in [1.29, 1.82) is 0 Å². The molecule has 72 heavy (non-hydrogen) atoms. The van der Waals surface area contributed by atoms with Crippen LogP contribution in [-0.2, 0) is 14.8 Å². The van der Waals surface area contributed by atoms with Gasteiger partial charge in [0.2, 0.25) is 0 Å². The third kappa shape index (κ3) is 9.59. The Morgan fingerprint density at radius 1 is 0.944 bits per heavy atom. The molecule has 4 aliphatic heterocycles. The second kappa shape index (κ2) is 19.2. The van der Waals surface area contributed by atoms with Gasteiger partial charge in [0.1, 0.15) is 24.1 Å². The van der Waals surface area contributed by atoms with E-state index in [4.69, 9.17) is 23.9 Å². The predicted octanol–water partition coefficient (Wildman–Crippen LogP) is 10.6. The summed E-state index contributed by atoms with van der Waals surface area (Å²) in [5.41, 5.74) is 4.50. The Balaban J connectivity index is 0.842. The van der Waals surface area contributed by atoms with Crippen LogP contribution in [0, 0.1) is 26.9 Å². The number of nitrogens with one attached hydrogen (secondary N) is 3. The van der Waals surface area contributed by atoms with E-state index >= 15 is 0 Å². The molecule has 1 spiro atoms. The lowest BCUT2D eigenvalue weighted by Gasteiger charge is -2.56. The van der Waals surface area contributed by atoms with Crippen molar-refractivity contribution in [2.45, 2.75) is 133 Å². The lowest BCUT2D eigenvalue weighted by atomic mass is 9.59. The number of carbonyl (C=O) groups excluding carboxylic acids is 1. The van der Waals surface area contributed by atoms with Crippen LogP contribution in [0.5, 0.6) is 23.1 Å². The Bertz CT molecular complexity index is 2960. The van der Waals surface area contributed by atoms with Crippen molar-refractivity contribution in [3.05, 3.63) is 99.7 Å².